The molecule has 3 nitrogen and oxygen atoms in total. The zero-order chi connectivity index (χ0) is 13.6. The second-order valence-electron chi connectivity index (χ2n) is 5.93. The lowest BCUT2D eigenvalue weighted by Crippen LogP contribution is -2.15. The van der Waals surface area contributed by atoms with E-state index in [9.17, 15) is 8.76 Å². The fourth-order valence-corrected chi connectivity index (χ4v) is 5.01. The molecule has 1 aromatic rings. The second-order valence-corrected chi connectivity index (χ2v) is 7.39. The van der Waals surface area contributed by atoms with Gasteiger partial charge in [0.1, 0.15) is 0 Å². The highest BCUT2D eigenvalue weighted by molar-refractivity contribution is 7.87. The first-order valence-electron chi connectivity index (χ1n) is 7.15. The Kier molecular flexibility index (Phi) is 3.18. The van der Waals surface area contributed by atoms with Crippen LogP contribution >= 0.6 is 0 Å². The number of hydrogen-bond donors (Lipinski definition) is 2. The van der Waals surface area contributed by atoms with Gasteiger partial charge in [0.2, 0.25) is 0 Å². The van der Waals surface area contributed by atoms with Gasteiger partial charge < -0.3 is 0 Å². The van der Waals surface area contributed by atoms with E-state index in [-0.39, 0.29) is 0 Å². The van der Waals surface area contributed by atoms with E-state index in [1.807, 2.05) is 6.92 Å². The molecule has 0 radical (unpaired) electrons. The molecular formula is C15H21NO2S. The Hall–Kier alpha value is -0.870. The Morgan fingerprint density at radius 1 is 1.26 bits per heavy atom. The Labute approximate surface area is 115 Å². The van der Waals surface area contributed by atoms with Crippen molar-refractivity contribution in [2.24, 2.45) is 0 Å². The minimum absolute atomic E-state index is 0.417. The van der Waals surface area contributed by atoms with Crippen LogP contribution in [-0.2, 0) is 22.9 Å². The van der Waals surface area contributed by atoms with Crippen molar-refractivity contribution in [2.45, 2.75) is 62.7 Å². The lowest BCUT2D eigenvalue weighted by atomic mass is 9.78. The first kappa shape index (κ1) is 13.1. The quantitative estimate of drug-likeness (QED) is 0.815. The monoisotopic (exact) mass is 279 g/mol. The fraction of sp³-hybridized carbons (Fsp3) is 0.600. The molecule has 1 aromatic carbocycles. The molecule has 4 heteroatoms. The average Bonchev–Trinajstić information content (AvgIpc) is 2.51. The lowest BCUT2D eigenvalue weighted by Gasteiger charge is -2.28. The SMILES string of the molecule is Cc1cc2c3c(c1S(=N)(=O)O)CCCCC3CCC2. The lowest BCUT2D eigenvalue weighted by molar-refractivity contribution is 0.510. The van der Waals surface area contributed by atoms with Crippen LogP contribution in [0.1, 0.15) is 60.3 Å². The summed E-state index contributed by atoms with van der Waals surface area (Å²) in [5.74, 6) is 0.558. The average molecular weight is 279 g/mol. The molecule has 104 valence electrons. The predicted octanol–water partition coefficient (Wildman–Crippen LogP) is 4.02. The highest BCUT2D eigenvalue weighted by atomic mass is 32.2. The first-order valence-corrected chi connectivity index (χ1v) is 8.66. The summed E-state index contributed by atoms with van der Waals surface area (Å²) >= 11 is 0. The molecule has 19 heavy (non-hydrogen) atoms. The van der Waals surface area contributed by atoms with Gasteiger partial charge in [0, 0.05) is 0 Å². The summed E-state index contributed by atoms with van der Waals surface area (Å²) in [4.78, 5) is 0.417. The number of aryl methyl sites for hydroxylation is 2. The Morgan fingerprint density at radius 2 is 2.00 bits per heavy atom. The van der Waals surface area contributed by atoms with Gasteiger partial charge in [-0.05, 0) is 73.6 Å². The van der Waals surface area contributed by atoms with E-state index in [4.69, 9.17) is 4.78 Å². The second kappa shape index (κ2) is 4.60. The van der Waals surface area contributed by atoms with Crippen molar-refractivity contribution in [1.29, 1.82) is 4.78 Å². The van der Waals surface area contributed by atoms with Crippen molar-refractivity contribution in [3.63, 3.8) is 0 Å². The molecule has 0 aromatic heterocycles. The standard InChI is InChI=1S/C15H21NO2S/c1-10-9-12-7-4-6-11-5-2-3-8-13(14(11)12)15(10)19(16,17)18/h9,11H,2-8H2,1H3,(H2,16,17,18). The number of nitrogens with one attached hydrogen (secondary N) is 1. The molecule has 0 amide bonds. The van der Waals surface area contributed by atoms with Gasteiger partial charge in [-0.1, -0.05) is 12.5 Å². The number of rotatable bonds is 1. The fourth-order valence-electron chi connectivity index (χ4n) is 3.97. The molecule has 2 unspecified atom stereocenters. The maximum absolute atomic E-state index is 11.9. The maximum Gasteiger partial charge on any atom is 0.188 e. The van der Waals surface area contributed by atoms with Crippen LogP contribution in [0.2, 0.25) is 0 Å². The van der Waals surface area contributed by atoms with Gasteiger partial charge in [0.05, 0.1) is 4.90 Å². The minimum atomic E-state index is -3.62. The van der Waals surface area contributed by atoms with Crippen molar-refractivity contribution in [2.75, 3.05) is 0 Å². The normalized spacial score (nSPS) is 25.3. The van der Waals surface area contributed by atoms with Gasteiger partial charge in [-0.2, -0.15) is 0 Å². The van der Waals surface area contributed by atoms with E-state index in [0.29, 0.717) is 10.8 Å². The van der Waals surface area contributed by atoms with Crippen LogP contribution in [-0.4, -0.2) is 8.76 Å². The van der Waals surface area contributed by atoms with Crippen LogP contribution in [0.4, 0.5) is 0 Å². The third kappa shape index (κ3) is 2.21. The van der Waals surface area contributed by atoms with Crippen molar-refractivity contribution in [3.05, 3.63) is 28.3 Å². The van der Waals surface area contributed by atoms with Crippen molar-refractivity contribution in [1.82, 2.24) is 0 Å². The van der Waals surface area contributed by atoms with Crippen molar-refractivity contribution >= 4 is 10.0 Å². The molecule has 0 bridgehead atoms. The molecule has 0 fully saturated rings. The van der Waals surface area contributed by atoms with E-state index in [1.54, 1.807) is 0 Å². The molecule has 3 rings (SSSR count). The van der Waals surface area contributed by atoms with E-state index in [1.165, 1.54) is 36.8 Å². The largest absolute Gasteiger partial charge is 0.297 e. The molecule has 0 spiro atoms. The molecule has 2 aliphatic carbocycles. The third-order valence-electron chi connectivity index (χ3n) is 4.61. The maximum atomic E-state index is 11.9. The van der Waals surface area contributed by atoms with Crippen molar-refractivity contribution in [3.8, 4) is 0 Å². The molecule has 0 saturated heterocycles. The number of hydrogen-bond acceptors (Lipinski definition) is 2. The predicted molar refractivity (Wildman–Crippen MR) is 76.2 cm³/mol. The molecular weight excluding hydrogens is 258 g/mol. The topological polar surface area (TPSA) is 61.2 Å². The summed E-state index contributed by atoms with van der Waals surface area (Å²) in [6.45, 7) is 1.88. The van der Waals surface area contributed by atoms with E-state index >= 15 is 0 Å². The highest BCUT2D eigenvalue weighted by Crippen LogP contribution is 2.43. The zero-order valence-corrected chi connectivity index (χ0v) is 12.2. The summed E-state index contributed by atoms with van der Waals surface area (Å²) in [6, 6.07) is 2.07. The van der Waals surface area contributed by atoms with Gasteiger partial charge in [-0.3, -0.25) is 4.55 Å². The van der Waals surface area contributed by atoms with Crippen LogP contribution < -0.4 is 0 Å². The Balaban J connectivity index is 2.33. The van der Waals surface area contributed by atoms with Crippen LogP contribution in [0.5, 0.6) is 0 Å². The summed E-state index contributed by atoms with van der Waals surface area (Å²) in [5.41, 5.74) is 4.58. The first-order chi connectivity index (χ1) is 8.98. The van der Waals surface area contributed by atoms with Gasteiger partial charge in [0.25, 0.3) is 0 Å². The van der Waals surface area contributed by atoms with E-state index in [0.717, 1.165) is 30.4 Å². The molecule has 0 heterocycles. The smallest absolute Gasteiger partial charge is 0.188 e. The highest BCUT2D eigenvalue weighted by Gasteiger charge is 2.30. The molecule has 0 aliphatic heterocycles. The van der Waals surface area contributed by atoms with Crippen LogP contribution in [0, 0.1) is 11.7 Å². The van der Waals surface area contributed by atoms with Crippen molar-refractivity contribution < 1.29 is 8.76 Å². The number of benzene rings is 1. The van der Waals surface area contributed by atoms with Gasteiger partial charge >= 0.3 is 0 Å². The Morgan fingerprint density at radius 3 is 2.74 bits per heavy atom. The Bertz CT molecular complexity index is 620. The molecule has 0 saturated carbocycles. The zero-order valence-electron chi connectivity index (χ0n) is 11.4. The van der Waals surface area contributed by atoms with Gasteiger partial charge in [0.15, 0.2) is 10.0 Å². The summed E-state index contributed by atoms with van der Waals surface area (Å²) in [6.07, 6.45) is 7.86. The van der Waals surface area contributed by atoms with Gasteiger partial charge in [-0.25, -0.2) is 8.99 Å². The van der Waals surface area contributed by atoms with Crippen LogP contribution in [0.25, 0.3) is 0 Å². The molecule has 2 aliphatic rings. The summed E-state index contributed by atoms with van der Waals surface area (Å²) in [7, 11) is -3.62. The van der Waals surface area contributed by atoms with Crippen LogP contribution in [0.15, 0.2) is 11.0 Å². The summed E-state index contributed by atoms with van der Waals surface area (Å²) in [5, 5.41) is 0. The molecule has 2 atom stereocenters. The van der Waals surface area contributed by atoms with Crippen LogP contribution in [0.3, 0.4) is 0 Å². The summed E-state index contributed by atoms with van der Waals surface area (Å²) < 4.78 is 29.3. The minimum Gasteiger partial charge on any atom is -0.297 e. The van der Waals surface area contributed by atoms with E-state index in [2.05, 4.69) is 6.07 Å². The van der Waals surface area contributed by atoms with E-state index < -0.39 is 10.0 Å². The third-order valence-corrected chi connectivity index (χ3v) is 5.73. The molecule has 2 N–H and O–H groups in total. The van der Waals surface area contributed by atoms with Gasteiger partial charge in [-0.15, -0.1) is 0 Å².